The molecular weight excluding hydrogens is 348 g/mol. The van der Waals surface area contributed by atoms with Gasteiger partial charge in [0.15, 0.2) is 0 Å². The molecule has 3 nitrogen and oxygen atoms in total. The molecule has 1 aliphatic rings. The predicted octanol–water partition coefficient (Wildman–Crippen LogP) is 5.35. The van der Waals surface area contributed by atoms with E-state index in [9.17, 15) is 4.79 Å². The zero-order chi connectivity index (χ0) is 19.9. The number of hydrogen-bond donors (Lipinski definition) is 0. The first kappa shape index (κ1) is 20.5. The van der Waals surface area contributed by atoms with Crippen molar-refractivity contribution in [3.8, 4) is 0 Å². The lowest BCUT2D eigenvalue weighted by atomic mass is 9.81. The minimum absolute atomic E-state index is 0.179. The summed E-state index contributed by atoms with van der Waals surface area (Å²) in [6, 6.07) is 20.4. The molecule has 2 aromatic rings. The highest BCUT2D eigenvalue weighted by molar-refractivity contribution is 5.66. The summed E-state index contributed by atoms with van der Waals surface area (Å²) in [6.07, 6.45) is 4.78. The Bertz CT molecular complexity index is 736. The van der Waals surface area contributed by atoms with Crippen molar-refractivity contribution in [3.05, 3.63) is 83.4 Å². The van der Waals surface area contributed by atoms with Crippen LogP contribution >= 0.6 is 0 Å². The highest BCUT2D eigenvalue weighted by Gasteiger charge is 2.49. The maximum atomic E-state index is 11.9. The molecule has 0 aliphatic heterocycles. The average Bonchev–Trinajstić information content (AvgIpc) is 3.02. The second-order valence-electron chi connectivity index (χ2n) is 8.16. The lowest BCUT2D eigenvalue weighted by molar-refractivity contribution is -0.115. The summed E-state index contributed by atoms with van der Waals surface area (Å²) in [5.41, 5.74) is 2.90. The molecule has 1 fully saturated rings. The molecule has 2 aromatic carbocycles. The fourth-order valence-corrected chi connectivity index (χ4v) is 4.28. The van der Waals surface area contributed by atoms with Gasteiger partial charge in [0.1, 0.15) is 6.29 Å². The molecule has 0 radical (unpaired) electrons. The summed E-state index contributed by atoms with van der Waals surface area (Å²) in [5.74, 6) is 0. The number of rotatable bonds is 9. The third-order valence-corrected chi connectivity index (χ3v) is 5.69. The molecule has 0 spiro atoms. The molecule has 1 unspecified atom stereocenters. The average molecular weight is 379 g/mol. The van der Waals surface area contributed by atoms with Crippen LogP contribution in [0.1, 0.15) is 37.8 Å². The molecule has 1 atom stereocenters. The molecule has 3 rings (SSSR count). The lowest BCUT2D eigenvalue weighted by Crippen LogP contribution is -2.31. The van der Waals surface area contributed by atoms with E-state index < -0.39 is 5.41 Å². The molecule has 28 heavy (non-hydrogen) atoms. The topological polar surface area (TPSA) is 35.5 Å². The van der Waals surface area contributed by atoms with Gasteiger partial charge in [-0.1, -0.05) is 72.3 Å². The molecule has 0 heterocycles. The third kappa shape index (κ3) is 4.98. The normalized spacial score (nSPS) is 22.4. The number of carbonyl (C=O) groups is 1. The van der Waals surface area contributed by atoms with E-state index in [0.717, 1.165) is 30.3 Å². The Morgan fingerprint density at radius 2 is 1.39 bits per heavy atom. The van der Waals surface area contributed by atoms with Gasteiger partial charge >= 0.3 is 0 Å². The zero-order valence-corrected chi connectivity index (χ0v) is 16.9. The number of carbonyl (C=O) groups excluding carboxylic acids is 1. The van der Waals surface area contributed by atoms with Crippen LogP contribution in [0.5, 0.6) is 0 Å². The van der Waals surface area contributed by atoms with Crippen molar-refractivity contribution in [2.75, 3.05) is 13.2 Å². The van der Waals surface area contributed by atoms with Gasteiger partial charge in [0.05, 0.1) is 26.4 Å². The first-order valence-corrected chi connectivity index (χ1v) is 9.94. The molecule has 0 bridgehead atoms. The van der Waals surface area contributed by atoms with Gasteiger partial charge < -0.3 is 14.3 Å². The van der Waals surface area contributed by atoms with Gasteiger partial charge in [-0.3, -0.25) is 0 Å². The summed E-state index contributed by atoms with van der Waals surface area (Å²) in [4.78, 5) is 11.9. The molecular formula is C25H30O3. The van der Waals surface area contributed by atoms with E-state index in [4.69, 9.17) is 9.47 Å². The number of allylic oxidation sites excluding steroid dienone is 2. The third-order valence-electron chi connectivity index (χ3n) is 5.69. The number of hydrogen-bond acceptors (Lipinski definition) is 3. The highest BCUT2D eigenvalue weighted by Crippen LogP contribution is 2.52. The second kappa shape index (κ2) is 9.31. The van der Waals surface area contributed by atoms with Gasteiger partial charge in [0.2, 0.25) is 0 Å². The van der Waals surface area contributed by atoms with Gasteiger partial charge in [-0.05, 0) is 37.8 Å². The van der Waals surface area contributed by atoms with Crippen molar-refractivity contribution in [2.24, 2.45) is 10.8 Å². The van der Waals surface area contributed by atoms with Crippen LogP contribution in [0.2, 0.25) is 0 Å². The van der Waals surface area contributed by atoms with E-state index in [-0.39, 0.29) is 5.41 Å². The summed E-state index contributed by atoms with van der Waals surface area (Å²) in [6.45, 7) is 6.36. The minimum atomic E-state index is -0.430. The Labute approximate surface area is 168 Å². The monoisotopic (exact) mass is 378 g/mol. The van der Waals surface area contributed by atoms with Crippen LogP contribution in [0.25, 0.3) is 0 Å². The smallest absolute Gasteiger partial charge is 0.129 e. The molecule has 3 heteroatoms. The van der Waals surface area contributed by atoms with Crippen LogP contribution < -0.4 is 0 Å². The van der Waals surface area contributed by atoms with E-state index in [1.165, 1.54) is 5.57 Å². The van der Waals surface area contributed by atoms with E-state index in [0.29, 0.717) is 26.4 Å². The Kier molecular flexibility index (Phi) is 6.82. The van der Waals surface area contributed by atoms with Crippen molar-refractivity contribution in [1.82, 2.24) is 0 Å². The summed E-state index contributed by atoms with van der Waals surface area (Å²) >= 11 is 0. The van der Waals surface area contributed by atoms with Crippen LogP contribution in [-0.4, -0.2) is 19.5 Å². The van der Waals surface area contributed by atoms with Gasteiger partial charge in [0, 0.05) is 10.8 Å². The second-order valence-corrected chi connectivity index (χ2v) is 8.16. The molecule has 1 aliphatic carbocycles. The Balaban J connectivity index is 1.67. The molecule has 0 aromatic heterocycles. The Morgan fingerprint density at radius 1 is 0.893 bits per heavy atom. The summed E-state index contributed by atoms with van der Waals surface area (Å²) in [7, 11) is 0. The van der Waals surface area contributed by atoms with E-state index in [1.807, 2.05) is 50.2 Å². The van der Waals surface area contributed by atoms with Gasteiger partial charge in [-0.2, -0.15) is 0 Å². The van der Waals surface area contributed by atoms with E-state index in [1.54, 1.807) is 0 Å². The zero-order valence-electron chi connectivity index (χ0n) is 16.9. The van der Waals surface area contributed by atoms with Gasteiger partial charge in [-0.15, -0.1) is 0 Å². The van der Waals surface area contributed by atoms with E-state index >= 15 is 0 Å². The number of benzene rings is 2. The fraction of sp³-hybridized carbons (Fsp3) is 0.400. The van der Waals surface area contributed by atoms with Crippen molar-refractivity contribution >= 4 is 6.29 Å². The molecule has 0 saturated heterocycles. The van der Waals surface area contributed by atoms with E-state index in [2.05, 4.69) is 30.3 Å². The first-order chi connectivity index (χ1) is 13.6. The van der Waals surface area contributed by atoms with Crippen LogP contribution in [0.4, 0.5) is 0 Å². The van der Waals surface area contributed by atoms with Crippen LogP contribution in [-0.2, 0) is 27.5 Å². The Hall–Kier alpha value is -2.23. The SMILES string of the molecule is C/C=C1/CC(COCc2ccccc2)(COCc2ccccc2)CC1(C)C=O. The highest BCUT2D eigenvalue weighted by atomic mass is 16.5. The molecule has 0 amide bonds. The van der Waals surface area contributed by atoms with Gasteiger partial charge in [-0.25, -0.2) is 0 Å². The van der Waals surface area contributed by atoms with Crippen LogP contribution in [0, 0.1) is 10.8 Å². The van der Waals surface area contributed by atoms with Crippen LogP contribution in [0.15, 0.2) is 72.3 Å². The maximum absolute atomic E-state index is 11.9. The van der Waals surface area contributed by atoms with Gasteiger partial charge in [0.25, 0.3) is 0 Å². The largest absolute Gasteiger partial charge is 0.376 e. The molecule has 0 N–H and O–H groups in total. The maximum Gasteiger partial charge on any atom is 0.129 e. The minimum Gasteiger partial charge on any atom is -0.376 e. The quantitative estimate of drug-likeness (QED) is 0.436. The van der Waals surface area contributed by atoms with Crippen molar-refractivity contribution in [3.63, 3.8) is 0 Å². The predicted molar refractivity (Wildman–Crippen MR) is 112 cm³/mol. The van der Waals surface area contributed by atoms with Crippen molar-refractivity contribution in [1.29, 1.82) is 0 Å². The Morgan fingerprint density at radius 3 is 1.79 bits per heavy atom. The molecule has 1 saturated carbocycles. The summed E-state index contributed by atoms with van der Waals surface area (Å²) < 4.78 is 12.2. The number of aldehydes is 1. The summed E-state index contributed by atoms with van der Waals surface area (Å²) in [5, 5.41) is 0. The van der Waals surface area contributed by atoms with Crippen LogP contribution in [0.3, 0.4) is 0 Å². The van der Waals surface area contributed by atoms with Crippen molar-refractivity contribution < 1.29 is 14.3 Å². The first-order valence-electron chi connectivity index (χ1n) is 9.94. The fourth-order valence-electron chi connectivity index (χ4n) is 4.28. The molecule has 148 valence electrons. The van der Waals surface area contributed by atoms with Crippen molar-refractivity contribution in [2.45, 2.75) is 39.9 Å². The standard InChI is InChI=1S/C25H30O3/c1-3-23-14-25(17-24(23,2)18-26,19-27-15-21-10-6-4-7-11-21)20-28-16-22-12-8-5-9-13-22/h3-13,18H,14-17,19-20H2,1-2H3/b23-3-. The lowest BCUT2D eigenvalue weighted by Gasteiger charge is -2.30. The number of ether oxygens (including phenoxy) is 2.